The molecule has 0 unspecified atom stereocenters. The van der Waals surface area contributed by atoms with Gasteiger partial charge in [-0.1, -0.05) is 11.6 Å². The first kappa shape index (κ1) is 52.9. The summed E-state index contributed by atoms with van der Waals surface area (Å²) in [6, 6.07) is 12.1. The average Bonchev–Trinajstić information content (AvgIpc) is 4.21. The SMILES string of the molecule is Cc1c(Cl)ncnc1OC1CCN(C(=O)OC(C)(C)C)CC1.Cc1c(Oc2ccc(S(=O)(=O)C3CC3)cc2)ncnc1OC1CCN(C(=O)OC(C)(C)C)CC1.O=S(=O)(c1ccc(O)cc1)C1CC1. The molecule has 0 spiro atoms. The molecule has 376 valence electrons. The number of phenols is 1. The largest absolute Gasteiger partial charge is 0.508 e. The molecule has 0 atom stereocenters. The van der Waals surface area contributed by atoms with Crippen molar-refractivity contribution in [1.29, 1.82) is 0 Å². The van der Waals surface area contributed by atoms with E-state index in [0.29, 0.717) is 82.9 Å². The molecule has 0 bridgehead atoms. The van der Waals surface area contributed by atoms with Crippen LogP contribution in [0.3, 0.4) is 0 Å². The van der Waals surface area contributed by atoms with Crippen molar-refractivity contribution in [3.05, 3.63) is 77.5 Å². The third-order valence-corrected chi connectivity index (χ3v) is 16.1. The molecule has 2 saturated carbocycles. The van der Waals surface area contributed by atoms with Crippen LogP contribution in [-0.2, 0) is 29.1 Å². The van der Waals surface area contributed by atoms with Crippen molar-refractivity contribution in [1.82, 2.24) is 29.7 Å². The lowest BCUT2D eigenvalue weighted by Gasteiger charge is -2.33. The molecule has 18 nitrogen and oxygen atoms in total. The fourth-order valence-corrected chi connectivity index (χ4v) is 10.5. The summed E-state index contributed by atoms with van der Waals surface area (Å²) in [5.74, 6) is 1.85. The summed E-state index contributed by atoms with van der Waals surface area (Å²) in [5, 5.41) is 8.95. The Morgan fingerprint density at radius 2 is 0.957 bits per heavy atom. The van der Waals surface area contributed by atoms with E-state index in [9.17, 15) is 26.4 Å². The number of sulfone groups is 2. The summed E-state index contributed by atoms with van der Waals surface area (Å²) in [5.41, 5.74) is 0.384. The lowest BCUT2D eigenvalue weighted by Crippen LogP contribution is -2.44. The number of hydrogen-bond acceptors (Lipinski definition) is 16. The molecule has 2 aromatic heterocycles. The number of carbonyl (C=O) groups excluding carboxylic acids is 2. The number of carbonyl (C=O) groups is 2. The molecule has 4 aromatic rings. The van der Waals surface area contributed by atoms with E-state index in [2.05, 4.69) is 19.9 Å². The molecule has 2 aromatic carbocycles. The number of amides is 2. The van der Waals surface area contributed by atoms with E-state index in [0.717, 1.165) is 44.1 Å². The molecule has 8 rings (SSSR count). The van der Waals surface area contributed by atoms with Gasteiger partial charge in [0.15, 0.2) is 19.7 Å². The molecule has 4 fully saturated rings. The van der Waals surface area contributed by atoms with E-state index in [1.54, 1.807) is 34.1 Å². The predicted octanol–water partition coefficient (Wildman–Crippen LogP) is 8.84. The third-order valence-electron chi connectivity index (χ3n) is 11.2. The van der Waals surface area contributed by atoms with E-state index in [1.807, 2.05) is 55.4 Å². The first-order valence-electron chi connectivity index (χ1n) is 23.0. The second-order valence-corrected chi connectivity index (χ2v) is 24.1. The molecule has 21 heteroatoms. The summed E-state index contributed by atoms with van der Waals surface area (Å²) in [7, 11) is -6.33. The Balaban J connectivity index is 0.000000190. The first-order chi connectivity index (χ1) is 32.4. The minimum atomic E-state index is -3.24. The molecule has 2 aliphatic carbocycles. The highest BCUT2D eigenvalue weighted by Gasteiger charge is 2.38. The fraction of sp³-hybridized carbons (Fsp3) is 0.542. The maximum Gasteiger partial charge on any atom is 0.410 e. The summed E-state index contributed by atoms with van der Waals surface area (Å²) in [6.45, 7) is 17.1. The maximum absolute atomic E-state index is 12.4. The van der Waals surface area contributed by atoms with E-state index < -0.39 is 30.9 Å². The highest BCUT2D eigenvalue weighted by Crippen LogP contribution is 2.36. The topological polar surface area (TPSA) is 227 Å². The number of rotatable bonds is 10. The van der Waals surface area contributed by atoms with Gasteiger partial charge >= 0.3 is 12.2 Å². The van der Waals surface area contributed by atoms with Crippen LogP contribution in [0.2, 0.25) is 5.15 Å². The highest BCUT2D eigenvalue weighted by molar-refractivity contribution is 7.92. The maximum atomic E-state index is 12.4. The molecule has 1 N–H and O–H groups in total. The summed E-state index contributed by atoms with van der Waals surface area (Å²) < 4.78 is 76.7. The van der Waals surface area contributed by atoms with Crippen molar-refractivity contribution < 1.29 is 55.2 Å². The van der Waals surface area contributed by atoms with E-state index in [1.165, 1.54) is 36.9 Å². The first-order valence-corrected chi connectivity index (χ1v) is 26.5. The van der Waals surface area contributed by atoms with Crippen molar-refractivity contribution in [3.8, 4) is 29.1 Å². The number of benzene rings is 2. The predicted molar refractivity (Wildman–Crippen MR) is 257 cm³/mol. The summed E-state index contributed by atoms with van der Waals surface area (Å²) >= 11 is 5.96. The van der Waals surface area contributed by atoms with Crippen LogP contribution in [0.4, 0.5) is 9.59 Å². The zero-order valence-electron chi connectivity index (χ0n) is 40.4. The monoisotopic (exact) mass is 1010 g/mol. The van der Waals surface area contributed by atoms with Gasteiger partial charge in [0.25, 0.3) is 0 Å². The quantitative estimate of drug-likeness (QED) is 0.146. The third kappa shape index (κ3) is 15.3. The van der Waals surface area contributed by atoms with E-state index in [4.69, 9.17) is 40.4 Å². The lowest BCUT2D eigenvalue weighted by atomic mass is 10.1. The van der Waals surface area contributed by atoms with E-state index >= 15 is 0 Å². The molecule has 2 saturated heterocycles. The van der Waals surface area contributed by atoms with Crippen molar-refractivity contribution in [3.63, 3.8) is 0 Å². The molecule has 2 amide bonds. The van der Waals surface area contributed by atoms with Gasteiger partial charge in [0.1, 0.15) is 52.7 Å². The number of phenolic OH excluding ortho intramolecular Hbond substituents is 1. The Bertz CT molecular complexity index is 2620. The number of likely N-dealkylation sites (tertiary alicyclic amines) is 2. The number of piperidine rings is 2. The van der Waals surface area contributed by atoms with Gasteiger partial charge in [0, 0.05) is 57.4 Å². The number of aromatic hydroxyl groups is 1. The van der Waals surface area contributed by atoms with Crippen LogP contribution in [0.5, 0.6) is 29.1 Å². The lowest BCUT2D eigenvalue weighted by molar-refractivity contribution is 0.0110. The minimum Gasteiger partial charge on any atom is -0.508 e. The van der Waals surface area contributed by atoms with Gasteiger partial charge in [0.05, 0.1) is 25.9 Å². The standard InChI is InChI=1S/C24H31N3O6S.C15H22ClN3O3.C9H10O3S/c1-16-21(31-17-5-7-19(8-6-17)34(29,30)20-9-10-20)25-15-26-22(16)32-18-11-13-27(14-12-18)23(28)33-24(2,3)4;1-10-12(16)17-9-18-13(10)21-11-5-7-19(8-6-11)14(20)22-15(2,3)4;10-7-1-3-8(4-2-7)13(11,12)9-5-6-9/h5-8,15,18,20H,9-14H2,1-4H3;9,11H,5-8H2,1-4H3;1-4,9-10H,5-6H2. The molecule has 4 aliphatic rings. The fourth-order valence-electron chi connectivity index (χ4n) is 7.04. The number of ether oxygens (including phenoxy) is 5. The van der Waals surface area contributed by atoms with Crippen LogP contribution >= 0.6 is 11.6 Å². The van der Waals surface area contributed by atoms with Crippen LogP contribution in [-0.4, -0.2) is 124 Å². The van der Waals surface area contributed by atoms with Gasteiger partial charge in [-0.15, -0.1) is 0 Å². The number of nitrogens with zero attached hydrogens (tertiary/aromatic N) is 6. The second-order valence-electron chi connectivity index (χ2n) is 19.3. The van der Waals surface area contributed by atoms with Crippen LogP contribution in [0.15, 0.2) is 71.0 Å². The van der Waals surface area contributed by atoms with Gasteiger partial charge in [-0.2, -0.15) is 0 Å². The number of halogens is 1. The minimum absolute atomic E-state index is 0.0170. The van der Waals surface area contributed by atoms with Gasteiger partial charge in [0.2, 0.25) is 17.6 Å². The van der Waals surface area contributed by atoms with Crippen molar-refractivity contribution >= 4 is 43.5 Å². The normalized spacial score (nSPS) is 17.1. The Morgan fingerprint density at radius 3 is 1.36 bits per heavy atom. The van der Waals surface area contributed by atoms with Crippen LogP contribution in [0.25, 0.3) is 0 Å². The van der Waals surface area contributed by atoms with Gasteiger partial charge in [-0.05, 0) is 130 Å². The van der Waals surface area contributed by atoms with Crippen molar-refractivity contribution in [2.45, 2.75) is 150 Å². The molecular weight excluding hydrogens is 952 g/mol. The Labute approximate surface area is 409 Å². The van der Waals surface area contributed by atoms with Crippen LogP contribution in [0, 0.1) is 13.8 Å². The molecule has 2 aliphatic heterocycles. The molecule has 4 heterocycles. The van der Waals surface area contributed by atoms with Crippen LogP contribution in [0.1, 0.15) is 104 Å². The van der Waals surface area contributed by atoms with Crippen LogP contribution < -0.4 is 14.2 Å². The Hall–Kier alpha value is -5.47. The Kier molecular flexibility index (Phi) is 16.9. The van der Waals surface area contributed by atoms with Gasteiger partial charge in [-0.25, -0.2) is 46.4 Å². The van der Waals surface area contributed by atoms with Gasteiger partial charge < -0.3 is 38.6 Å². The Morgan fingerprint density at radius 1 is 0.580 bits per heavy atom. The number of aromatic nitrogens is 4. The summed E-state index contributed by atoms with van der Waals surface area (Å²) in [6.07, 6.45) is 7.89. The van der Waals surface area contributed by atoms with E-state index in [-0.39, 0.29) is 40.6 Å². The van der Waals surface area contributed by atoms with Crippen molar-refractivity contribution in [2.75, 3.05) is 26.2 Å². The zero-order chi connectivity index (χ0) is 50.3. The molecule has 69 heavy (non-hydrogen) atoms. The molecule has 0 radical (unpaired) electrons. The van der Waals surface area contributed by atoms with Gasteiger partial charge in [-0.3, -0.25) is 0 Å². The smallest absolute Gasteiger partial charge is 0.410 e. The second kappa shape index (κ2) is 22.1. The average molecular weight is 1020 g/mol. The molecular formula is C48H63ClN6O12S2. The number of hydrogen-bond donors (Lipinski definition) is 1. The zero-order valence-corrected chi connectivity index (χ0v) is 42.8. The summed E-state index contributed by atoms with van der Waals surface area (Å²) in [4.78, 5) is 44.8. The highest BCUT2D eigenvalue weighted by atomic mass is 35.5. The van der Waals surface area contributed by atoms with Crippen molar-refractivity contribution in [2.24, 2.45) is 0 Å².